The summed E-state index contributed by atoms with van der Waals surface area (Å²) in [5, 5.41) is 39.7. The Morgan fingerprint density at radius 1 is 0.933 bits per heavy atom. The summed E-state index contributed by atoms with van der Waals surface area (Å²) >= 11 is 0. The van der Waals surface area contributed by atoms with Crippen molar-refractivity contribution < 1.29 is 9.47 Å². The molecule has 2 aliphatic rings. The van der Waals surface area contributed by atoms with Crippen molar-refractivity contribution in [2.24, 2.45) is 10.8 Å². The molecule has 0 spiro atoms. The van der Waals surface area contributed by atoms with Crippen LogP contribution in [0.5, 0.6) is 0 Å². The van der Waals surface area contributed by atoms with E-state index in [2.05, 4.69) is 18.2 Å². The van der Waals surface area contributed by atoms with Gasteiger partial charge in [-0.15, -0.1) is 0 Å². The monoisotopic (exact) mass is 396 g/mol. The van der Waals surface area contributed by atoms with Crippen LogP contribution in [0.15, 0.2) is 60.7 Å². The lowest BCUT2D eigenvalue weighted by Crippen LogP contribution is -2.62. The molecule has 0 amide bonds. The van der Waals surface area contributed by atoms with Gasteiger partial charge in [-0.05, 0) is 11.1 Å². The van der Waals surface area contributed by atoms with Gasteiger partial charge in [0, 0.05) is 12.8 Å². The summed E-state index contributed by atoms with van der Waals surface area (Å²) < 4.78 is 12.2. The lowest BCUT2D eigenvalue weighted by atomic mass is 9.51. The summed E-state index contributed by atoms with van der Waals surface area (Å²) in [6.07, 6.45) is -0.970. The maximum atomic E-state index is 10.4. The fourth-order valence-corrected chi connectivity index (χ4v) is 5.07. The Morgan fingerprint density at radius 2 is 1.50 bits per heavy atom. The second-order valence-corrected chi connectivity index (χ2v) is 7.98. The maximum absolute atomic E-state index is 10.4. The molecule has 5 atom stereocenters. The summed E-state index contributed by atoms with van der Waals surface area (Å²) in [6.45, 7) is 3.55. The predicted molar refractivity (Wildman–Crippen MR) is 108 cm³/mol. The van der Waals surface area contributed by atoms with E-state index >= 15 is 0 Å². The van der Waals surface area contributed by atoms with Gasteiger partial charge in [-0.25, -0.2) is 0 Å². The van der Waals surface area contributed by atoms with Crippen molar-refractivity contribution >= 4 is 5.90 Å². The Hall–Kier alpha value is -3.66. The minimum Gasteiger partial charge on any atom is -0.447 e. The number of fused-ring (bicyclic) bond motifs is 2. The SMILES string of the molecule is CC(c1ccccc1)C1OC2(C)OC(=N)C(C#N)(C2c2ccccc2)C1(C#N)C#N. The lowest BCUT2D eigenvalue weighted by molar-refractivity contribution is -0.255. The maximum Gasteiger partial charge on any atom is 0.218 e. The summed E-state index contributed by atoms with van der Waals surface area (Å²) in [6, 6.07) is 24.9. The number of nitrogens with one attached hydrogen (secondary N) is 1. The molecule has 0 radical (unpaired) electrons. The molecule has 2 heterocycles. The standard InChI is InChI=1S/C24H20N4O2/c1-16(17-9-5-3-6-10-17)20-23(13-25,14-26)24(15-27)19(18-11-7-4-8-12-18)22(2,29-20)30-21(24)28/h3-12,16,19-20,28H,1-2H3. The number of rotatable bonds is 3. The quantitative estimate of drug-likeness (QED) is 0.833. The number of ether oxygens (including phenoxy) is 2. The van der Waals surface area contributed by atoms with Crippen LogP contribution in [0, 0.1) is 50.2 Å². The highest BCUT2D eigenvalue weighted by Crippen LogP contribution is 2.67. The van der Waals surface area contributed by atoms with E-state index < -0.39 is 34.5 Å². The zero-order chi connectivity index (χ0) is 21.6. The largest absolute Gasteiger partial charge is 0.447 e. The molecule has 148 valence electrons. The third kappa shape index (κ3) is 2.28. The van der Waals surface area contributed by atoms with Gasteiger partial charge >= 0.3 is 0 Å². The smallest absolute Gasteiger partial charge is 0.218 e. The van der Waals surface area contributed by atoms with Crippen molar-refractivity contribution in [2.45, 2.75) is 37.6 Å². The molecule has 2 aromatic carbocycles. The van der Waals surface area contributed by atoms with Crippen LogP contribution in [0.4, 0.5) is 0 Å². The van der Waals surface area contributed by atoms with Gasteiger partial charge in [-0.2, -0.15) is 15.8 Å². The van der Waals surface area contributed by atoms with Crippen LogP contribution in [-0.2, 0) is 9.47 Å². The Balaban J connectivity index is 1.99. The van der Waals surface area contributed by atoms with Gasteiger partial charge in [-0.1, -0.05) is 67.6 Å². The Bertz CT molecular complexity index is 1100. The first-order valence-electron chi connectivity index (χ1n) is 9.69. The van der Waals surface area contributed by atoms with Crippen LogP contribution in [-0.4, -0.2) is 17.8 Å². The molecular weight excluding hydrogens is 376 g/mol. The van der Waals surface area contributed by atoms with Crippen molar-refractivity contribution in [3.63, 3.8) is 0 Å². The van der Waals surface area contributed by atoms with Crippen molar-refractivity contribution in [3.05, 3.63) is 71.8 Å². The number of benzene rings is 2. The van der Waals surface area contributed by atoms with E-state index in [-0.39, 0.29) is 5.92 Å². The summed E-state index contributed by atoms with van der Waals surface area (Å²) in [5.74, 6) is -2.95. The minimum absolute atomic E-state index is 0.385. The summed E-state index contributed by atoms with van der Waals surface area (Å²) in [5.41, 5.74) is -2.19. The molecule has 6 nitrogen and oxygen atoms in total. The van der Waals surface area contributed by atoms with Crippen molar-refractivity contribution in [1.29, 1.82) is 21.2 Å². The molecule has 2 aliphatic heterocycles. The second kappa shape index (κ2) is 6.70. The minimum atomic E-state index is -1.94. The van der Waals surface area contributed by atoms with Crippen LogP contribution < -0.4 is 0 Å². The highest BCUT2D eigenvalue weighted by molar-refractivity contribution is 5.90. The van der Waals surface area contributed by atoms with Gasteiger partial charge in [0.1, 0.15) is 6.10 Å². The van der Waals surface area contributed by atoms with Crippen molar-refractivity contribution in [3.8, 4) is 18.2 Å². The van der Waals surface area contributed by atoms with E-state index in [4.69, 9.17) is 14.9 Å². The van der Waals surface area contributed by atoms with Gasteiger partial charge in [0.25, 0.3) is 0 Å². The average molecular weight is 396 g/mol. The molecule has 1 N–H and O–H groups in total. The zero-order valence-corrected chi connectivity index (χ0v) is 16.7. The van der Waals surface area contributed by atoms with Crippen LogP contribution >= 0.6 is 0 Å². The molecule has 2 aromatic rings. The fourth-order valence-electron chi connectivity index (χ4n) is 5.07. The predicted octanol–water partition coefficient (Wildman–Crippen LogP) is 4.24. The van der Waals surface area contributed by atoms with E-state index in [9.17, 15) is 15.8 Å². The molecule has 30 heavy (non-hydrogen) atoms. The first-order chi connectivity index (χ1) is 14.4. The third-order valence-electron chi connectivity index (χ3n) is 6.47. The number of hydrogen-bond donors (Lipinski definition) is 1. The van der Waals surface area contributed by atoms with Crippen LogP contribution in [0.1, 0.15) is 36.8 Å². The van der Waals surface area contributed by atoms with Gasteiger partial charge < -0.3 is 9.47 Å². The number of nitrogens with zero attached hydrogens (tertiary/aromatic N) is 3. The Morgan fingerprint density at radius 3 is 2.03 bits per heavy atom. The van der Waals surface area contributed by atoms with E-state index in [0.29, 0.717) is 5.56 Å². The molecule has 0 saturated carbocycles. The topological polar surface area (TPSA) is 114 Å². The van der Waals surface area contributed by atoms with Gasteiger partial charge in [-0.3, -0.25) is 5.41 Å². The molecule has 2 fully saturated rings. The van der Waals surface area contributed by atoms with E-state index in [1.807, 2.05) is 55.5 Å². The normalized spacial score (nSPS) is 32.2. The molecule has 4 rings (SSSR count). The summed E-state index contributed by atoms with van der Waals surface area (Å²) in [4.78, 5) is 0. The molecule has 0 aliphatic carbocycles. The molecule has 2 saturated heterocycles. The number of hydrogen-bond acceptors (Lipinski definition) is 6. The molecule has 5 unspecified atom stereocenters. The first kappa shape index (κ1) is 19.6. The Kier molecular flexibility index (Phi) is 4.39. The molecular formula is C24H20N4O2. The second-order valence-electron chi connectivity index (χ2n) is 7.98. The van der Waals surface area contributed by atoms with Crippen molar-refractivity contribution in [2.75, 3.05) is 0 Å². The van der Waals surface area contributed by atoms with Crippen LogP contribution in [0.2, 0.25) is 0 Å². The fraction of sp³-hybridized carbons (Fsp3) is 0.333. The highest BCUT2D eigenvalue weighted by atomic mass is 16.7. The lowest BCUT2D eigenvalue weighted by Gasteiger charge is -2.50. The van der Waals surface area contributed by atoms with Gasteiger partial charge in [0.15, 0.2) is 10.8 Å². The average Bonchev–Trinajstić information content (AvgIpc) is 2.97. The zero-order valence-electron chi connectivity index (χ0n) is 16.7. The highest BCUT2D eigenvalue weighted by Gasteiger charge is 2.80. The molecule has 0 aromatic heterocycles. The van der Waals surface area contributed by atoms with Crippen LogP contribution in [0.3, 0.4) is 0 Å². The summed E-state index contributed by atoms with van der Waals surface area (Å²) in [7, 11) is 0. The van der Waals surface area contributed by atoms with E-state index in [0.717, 1.165) is 5.56 Å². The molecule has 6 heteroatoms. The van der Waals surface area contributed by atoms with E-state index in [1.54, 1.807) is 19.1 Å². The Labute approximate surface area is 175 Å². The first-order valence-corrected chi connectivity index (χ1v) is 9.69. The molecule has 2 bridgehead atoms. The number of nitriles is 3. The van der Waals surface area contributed by atoms with E-state index in [1.165, 1.54) is 0 Å². The van der Waals surface area contributed by atoms with Gasteiger partial charge in [0.05, 0.1) is 24.1 Å². The third-order valence-corrected chi connectivity index (χ3v) is 6.47. The van der Waals surface area contributed by atoms with Crippen LogP contribution in [0.25, 0.3) is 0 Å². The van der Waals surface area contributed by atoms with Crippen molar-refractivity contribution in [1.82, 2.24) is 0 Å². The van der Waals surface area contributed by atoms with Gasteiger partial charge in [0.2, 0.25) is 11.7 Å².